The SMILES string of the molecule is COc1ccc([C@@H]2[C@@H](C(=O)N3CCN(C)CC3)c3ccccc3C(=O)N2Cc2ccc(F)cc2)cc1. The average molecular weight is 488 g/mol. The highest BCUT2D eigenvalue weighted by atomic mass is 19.1. The summed E-state index contributed by atoms with van der Waals surface area (Å²) in [6.07, 6.45) is 0. The molecular formula is C29H30FN3O3. The number of hydrogen-bond donors (Lipinski definition) is 0. The van der Waals surface area contributed by atoms with E-state index in [9.17, 15) is 14.0 Å². The molecule has 0 N–H and O–H groups in total. The fourth-order valence-corrected chi connectivity index (χ4v) is 5.22. The van der Waals surface area contributed by atoms with Crippen LogP contribution in [0.1, 0.15) is 39.0 Å². The lowest BCUT2D eigenvalue weighted by molar-refractivity contribution is -0.136. The van der Waals surface area contributed by atoms with Crippen molar-refractivity contribution in [2.75, 3.05) is 40.3 Å². The van der Waals surface area contributed by atoms with Crippen LogP contribution in [0.25, 0.3) is 0 Å². The van der Waals surface area contributed by atoms with Crippen molar-refractivity contribution in [2.24, 2.45) is 0 Å². The van der Waals surface area contributed by atoms with Crippen molar-refractivity contribution >= 4 is 11.8 Å². The molecule has 0 aliphatic carbocycles. The van der Waals surface area contributed by atoms with Gasteiger partial charge >= 0.3 is 0 Å². The minimum absolute atomic E-state index is 0.0213. The third-order valence-corrected chi connectivity index (χ3v) is 7.24. The normalized spacial score (nSPS) is 20.2. The summed E-state index contributed by atoms with van der Waals surface area (Å²) in [5.41, 5.74) is 2.95. The van der Waals surface area contributed by atoms with Gasteiger partial charge in [-0.3, -0.25) is 9.59 Å². The number of ether oxygens (including phenoxy) is 1. The van der Waals surface area contributed by atoms with Gasteiger partial charge in [-0.15, -0.1) is 0 Å². The van der Waals surface area contributed by atoms with Gasteiger partial charge in [-0.25, -0.2) is 4.39 Å². The molecule has 2 amide bonds. The van der Waals surface area contributed by atoms with Crippen LogP contribution < -0.4 is 4.74 Å². The number of nitrogens with zero attached hydrogens (tertiary/aromatic N) is 3. The fraction of sp³-hybridized carbons (Fsp3) is 0.310. The van der Waals surface area contributed by atoms with Crippen LogP contribution in [-0.2, 0) is 11.3 Å². The van der Waals surface area contributed by atoms with Gasteiger partial charge in [0, 0.05) is 38.3 Å². The van der Waals surface area contributed by atoms with Crippen molar-refractivity contribution in [1.29, 1.82) is 0 Å². The van der Waals surface area contributed by atoms with Crippen LogP contribution in [0.5, 0.6) is 5.75 Å². The van der Waals surface area contributed by atoms with Crippen LogP contribution in [0, 0.1) is 5.82 Å². The molecule has 7 heteroatoms. The van der Waals surface area contributed by atoms with Crippen LogP contribution in [0.4, 0.5) is 4.39 Å². The molecule has 0 unspecified atom stereocenters. The van der Waals surface area contributed by atoms with Gasteiger partial charge < -0.3 is 19.4 Å². The van der Waals surface area contributed by atoms with Crippen molar-refractivity contribution < 1.29 is 18.7 Å². The second-order valence-electron chi connectivity index (χ2n) is 9.47. The van der Waals surface area contributed by atoms with E-state index in [2.05, 4.69) is 11.9 Å². The Balaban J connectivity index is 1.62. The first kappa shape index (κ1) is 24.0. The number of methoxy groups -OCH3 is 1. The maximum atomic E-state index is 14.2. The molecule has 0 bridgehead atoms. The van der Waals surface area contributed by atoms with Gasteiger partial charge in [0.2, 0.25) is 5.91 Å². The van der Waals surface area contributed by atoms with Gasteiger partial charge in [0.05, 0.1) is 19.1 Å². The molecule has 6 nitrogen and oxygen atoms in total. The molecule has 1 saturated heterocycles. The molecule has 0 saturated carbocycles. The second kappa shape index (κ2) is 10.1. The lowest BCUT2D eigenvalue weighted by Crippen LogP contribution is -2.52. The molecule has 186 valence electrons. The predicted molar refractivity (Wildman–Crippen MR) is 135 cm³/mol. The molecular weight excluding hydrogens is 457 g/mol. The van der Waals surface area contributed by atoms with E-state index in [1.54, 1.807) is 30.2 Å². The molecule has 2 heterocycles. The third kappa shape index (κ3) is 4.58. The number of amides is 2. The van der Waals surface area contributed by atoms with E-state index in [1.807, 2.05) is 47.4 Å². The first-order chi connectivity index (χ1) is 17.5. The maximum Gasteiger partial charge on any atom is 0.255 e. The first-order valence-electron chi connectivity index (χ1n) is 12.2. The van der Waals surface area contributed by atoms with Crippen molar-refractivity contribution in [3.05, 3.63) is 101 Å². The summed E-state index contributed by atoms with van der Waals surface area (Å²) in [5.74, 6) is -0.306. The fourth-order valence-electron chi connectivity index (χ4n) is 5.22. The first-order valence-corrected chi connectivity index (χ1v) is 12.2. The summed E-state index contributed by atoms with van der Waals surface area (Å²) in [4.78, 5) is 33.9. The molecule has 0 radical (unpaired) electrons. The number of rotatable bonds is 5. The summed E-state index contributed by atoms with van der Waals surface area (Å²) in [7, 11) is 3.66. The standard InChI is InChI=1S/C29H30FN3O3/c1-31-15-17-32(18-16-31)29(35)26-24-5-3-4-6-25(24)28(34)33(19-20-7-11-22(30)12-8-20)27(26)21-9-13-23(36-2)14-10-21/h3-14,26-27H,15-19H2,1-2H3/t26-,27+/m0/s1. The Hall–Kier alpha value is -3.71. The molecule has 0 spiro atoms. The molecule has 36 heavy (non-hydrogen) atoms. The topological polar surface area (TPSA) is 53.1 Å². The highest BCUT2D eigenvalue weighted by Crippen LogP contribution is 2.44. The molecule has 2 aliphatic heterocycles. The number of piperazine rings is 1. The number of fused-ring (bicyclic) bond motifs is 1. The van der Waals surface area contributed by atoms with Gasteiger partial charge in [-0.1, -0.05) is 42.5 Å². The Morgan fingerprint density at radius 2 is 1.61 bits per heavy atom. The van der Waals surface area contributed by atoms with Crippen molar-refractivity contribution in [1.82, 2.24) is 14.7 Å². The molecule has 5 rings (SSSR count). The zero-order valence-electron chi connectivity index (χ0n) is 20.6. The van der Waals surface area contributed by atoms with E-state index >= 15 is 0 Å². The summed E-state index contributed by atoms with van der Waals surface area (Å²) >= 11 is 0. The van der Waals surface area contributed by atoms with Gasteiger partial charge in [0.1, 0.15) is 11.6 Å². The van der Waals surface area contributed by atoms with Crippen LogP contribution >= 0.6 is 0 Å². The van der Waals surface area contributed by atoms with Gasteiger partial charge in [-0.2, -0.15) is 0 Å². The van der Waals surface area contributed by atoms with E-state index in [-0.39, 0.29) is 24.2 Å². The Morgan fingerprint density at radius 1 is 0.944 bits per heavy atom. The molecule has 1 fully saturated rings. The van der Waals surface area contributed by atoms with Crippen molar-refractivity contribution in [2.45, 2.75) is 18.5 Å². The Morgan fingerprint density at radius 3 is 2.28 bits per heavy atom. The number of hydrogen-bond acceptors (Lipinski definition) is 4. The lowest BCUT2D eigenvalue weighted by Gasteiger charge is -2.44. The zero-order valence-corrected chi connectivity index (χ0v) is 20.6. The monoisotopic (exact) mass is 487 g/mol. The quantitative estimate of drug-likeness (QED) is 0.544. The minimum atomic E-state index is -0.559. The van der Waals surface area contributed by atoms with Crippen LogP contribution in [0.2, 0.25) is 0 Å². The highest BCUT2D eigenvalue weighted by Gasteiger charge is 2.45. The summed E-state index contributed by atoms with van der Waals surface area (Å²) in [6.45, 7) is 3.18. The van der Waals surface area contributed by atoms with E-state index in [1.165, 1.54) is 12.1 Å². The van der Waals surface area contributed by atoms with E-state index < -0.39 is 12.0 Å². The van der Waals surface area contributed by atoms with Gasteiger partial charge in [-0.05, 0) is 54.1 Å². The Bertz CT molecular complexity index is 1240. The molecule has 3 aromatic rings. The smallest absolute Gasteiger partial charge is 0.255 e. The molecule has 0 aromatic heterocycles. The Kier molecular flexibility index (Phi) is 6.74. The minimum Gasteiger partial charge on any atom is -0.497 e. The van der Waals surface area contributed by atoms with Crippen molar-refractivity contribution in [3.8, 4) is 5.75 Å². The summed E-state index contributed by atoms with van der Waals surface area (Å²) in [5, 5.41) is 0. The predicted octanol–water partition coefficient (Wildman–Crippen LogP) is 4.09. The van der Waals surface area contributed by atoms with Crippen LogP contribution in [0.3, 0.4) is 0 Å². The second-order valence-corrected chi connectivity index (χ2v) is 9.47. The van der Waals surface area contributed by atoms with Crippen LogP contribution in [-0.4, -0.2) is 66.9 Å². The van der Waals surface area contributed by atoms with Crippen LogP contribution in [0.15, 0.2) is 72.8 Å². The number of benzene rings is 3. The number of carbonyl (C=O) groups is 2. The highest BCUT2D eigenvalue weighted by molar-refractivity contribution is 6.01. The van der Waals surface area contributed by atoms with E-state index in [0.717, 1.165) is 29.8 Å². The summed E-state index contributed by atoms with van der Waals surface area (Å²) < 4.78 is 19.0. The number of carbonyl (C=O) groups excluding carboxylic acids is 2. The van der Waals surface area contributed by atoms with E-state index in [4.69, 9.17) is 4.74 Å². The van der Waals surface area contributed by atoms with Crippen molar-refractivity contribution in [3.63, 3.8) is 0 Å². The zero-order chi connectivity index (χ0) is 25.2. The maximum absolute atomic E-state index is 14.2. The van der Waals surface area contributed by atoms with Gasteiger partial charge in [0.15, 0.2) is 0 Å². The number of likely N-dealkylation sites (N-methyl/N-ethyl adjacent to an activating group) is 1. The molecule has 2 atom stereocenters. The third-order valence-electron chi connectivity index (χ3n) is 7.24. The molecule has 3 aromatic carbocycles. The lowest BCUT2D eigenvalue weighted by atomic mass is 9.78. The van der Waals surface area contributed by atoms with Gasteiger partial charge in [0.25, 0.3) is 5.91 Å². The molecule has 2 aliphatic rings. The largest absolute Gasteiger partial charge is 0.497 e. The van der Waals surface area contributed by atoms with E-state index in [0.29, 0.717) is 24.4 Å². The average Bonchev–Trinajstić information content (AvgIpc) is 2.91. The summed E-state index contributed by atoms with van der Waals surface area (Å²) in [6, 6.07) is 20.6. The Labute approximate surface area is 210 Å². The number of halogens is 1.